The van der Waals surface area contributed by atoms with Crippen molar-refractivity contribution in [3.63, 3.8) is 0 Å². The third kappa shape index (κ3) is 4.33. The molecule has 0 aromatic carbocycles. The van der Waals surface area contributed by atoms with E-state index in [0.29, 0.717) is 16.8 Å². The number of nitrogens with one attached hydrogen (secondary N) is 2. The van der Waals surface area contributed by atoms with Gasteiger partial charge in [-0.3, -0.25) is 0 Å². The molecule has 0 amide bonds. The third-order valence-electron chi connectivity index (χ3n) is 2.47. The first-order valence-electron chi connectivity index (χ1n) is 5.56. The molecule has 1 saturated carbocycles. The summed E-state index contributed by atoms with van der Waals surface area (Å²) in [5.74, 6) is 0. The van der Waals surface area contributed by atoms with Gasteiger partial charge in [-0.05, 0) is 53.9 Å². The van der Waals surface area contributed by atoms with E-state index in [2.05, 4.69) is 26.0 Å². The molecule has 0 atom stereocenters. The highest BCUT2D eigenvalue weighted by atomic mass is 79.9. The SMILES string of the molecule is O=S(=O)(NCCCNC1CC1)c1ccc(Br)s1. The molecule has 2 rings (SSSR count). The molecule has 0 saturated heterocycles. The summed E-state index contributed by atoms with van der Waals surface area (Å²) in [6.45, 7) is 1.36. The summed E-state index contributed by atoms with van der Waals surface area (Å²) < 4.78 is 27.4. The highest BCUT2D eigenvalue weighted by molar-refractivity contribution is 9.11. The van der Waals surface area contributed by atoms with E-state index in [0.717, 1.165) is 16.8 Å². The molecule has 0 radical (unpaired) electrons. The van der Waals surface area contributed by atoms with Crippen LogP contribution in [-0.4, -0.2) is 27.5 Å². The van der Waals surface area contributed by atoms with E-state index >= 15 is 0 Å². The second-order valence-corrected chi connectivity index (χ2v) is 8.50. The van der Waals surface area contributed by atoms with Crippen LogP contribution >= 0.6 is 27.3 Å². The quantitative estimate of drug-likeness (QED) is 0.747. The van der Waals surface area contributed by atoms with Crippen molar-refractivity contribution in [3.05, 3.63) is 15.9 Å². The van der Waals surface area contributed by atoms with Gasteiger partial charge in [0, 0.05) is 12.6 Å². The molecule has 2 N–H and O–H groups in total. The number of thiophene rings is 1. The molecular formula is C10H15BrN2O2S2. The largest absolute Gasteiger partial charge is 0.314 e. The first-order chi connectivity index (χ1) is 8.08. The molecular weight excluding hydrogens is 324 g/mol. The molecule has 4 nitrogen and oxygen atoms in total. The summed E-state index contributed by atoms with van der Waals surface area (Å²) in [6, 6.07) is 4.03. The molecule has 7 heteroatoms. The highest BCUT2D eigenvalue weighted by Gasteiger charge is 2.20. The molecule has 1 aromatic rings. The molecule has 96 valence electrons. The Balaban J connectivity index is 1.73. The second kappa shape index (κ2) is 5.79. The number of hydrogen-bond donors (Lipinski definition) is 2. The van der Waals surface area contributed by atoms with E-state index in [4.69, 9.17) is 0 Å². The fraction of sp³-hybridized carbons (Fsp3) is 0.600. The Bertz CT molecular complexity index is 468. The Hall–Kier alpha value is 0.0500. The molecule has 17 heavy (non-hydrogen) atoms. The molecule has 0 unspecified atom stereocenters. The van der Waals surface area contributed by atoms with Crippen LogP contribution in [0.2, 0.25) is 0 Å². The predicted molar refractivity (Wildman–Crippen MR) is 72.8 cm³/mol. The smallest absolute Gasteiger partial charge is 0.250 e. The zero-order chi connectivity index (χ0) is 12.3. The van der Waals surface area contributed by atoms with Crippen LogP contribution in [0.1, 0.15) is 19.3 Å². The Labute approximate surface area is 114 Å². The van der Waals surface area contributed by atoms with Gasteiger partial charge in [-0.25, -0.2) is 13.1 Å². The van der Waals surface area contributed by atoms with E-state index < -0.39 is 10.0 Å². The average Bonchev–Trinajstić information content (AvgIpc) is 2.98. The van der Waals surface area contributed by atoms with Gasteiger partial charge in [-0.2, -0.15) is 0 Å². The fourth-order valence-corrected chi connectivity index (χ4v) is 4.53. The van der Waals surface area contributed by atoms with Gasteiger partial charge in [0.15, 0.2) is 0 Å². The van der Waals surface area contributed by atoms with Crippen molar-refractivity contribution in [1.82, 2.24) is 10.0 Å². The van der Waals surface area contributed by atoms with Gasteiger partial charge >= 0.3 is 0 Å². The molecule has 0 bridgehead atoms. The summed E-state index contributed by atoms with van der Waals surface area (Å²) in [5.41, 5.74) is 0. The minimum absolute atomic E-state index is 0.361. The van der Waals surface area contributed by atoms with Crippen molar-refractivity contribution in [1.29, 1.82) is 0 Å². The Morgan fingerprint density at radius 1 is 1.35 bits per heavy atom. The monoisotopic (exact) mass is 338 g/mol. The lowest BCUT2D eigenvalue weighted by Gasteiger charge is -2.05. The molecule has 1 fully saturated rings. The zero-order valence-corrected chi connectivity index (χ0v) is 12.5. The summed E-state index contributed by atoms with van der Waals surface area (Å²) in [6.07, 6.45) is 3.34. The van der Waals surface area contributed by atoms with Crippen molar-refractivity contribution in [3.8, 4) is 0 Å². The zero-order valence-electron chi connectivity index (χ0n) is 9.28. The molecule has 1 aromatic heterocycles. The van der Waals surface area contributed by atoms with Crippen LogP contribution in [0.4, 0.5) is 0 Å². The summed E-state index contributed by atoms with van der Waals surface area (Å²) in [4.78, 5) is 0. The normalized spacial score (nSPS) is 16.3. The molecule has 0 spiro atoms. The third-order valence-corrected chi connectivity index (χ3v) is 6.05. The Morgan fingerprint density at radius 2 is 2.12 bits per heavy atom. The van der Waals surface area contributed by atoms with E-state index in [1.807, 2.05) is 0 Å². The van der Waals surface area contributed by atoms with Gasteiger partial charge in [0.1, 0.15) is 4.21 Å². The standard InChI is InChI=1S/C10H15BrN2O2S2/c11-9-4-5-10(16-9)17(14,15)13-7-1-6-12-8-2-3-8/h4-5,8,12-13H,1-3,6-7H2. The summed E-state index contributed by atoms with van der Waals surface area (Å²) in [5, 5.41) is 3.35. The van der Waals surface area contributed by atoms with Crippen LogP contribution in [0.5, 0.6) is 0 Å². The minimum Gasteiger partial charge on any atom is -0.314 e. The highest BCUT2D eigenvalue weighted by Crippen LogP contribution is 2.25. The van der Waals surface area contributed by atoms with Gasteiger partial charge in [0.05, 0.1) is 3.79 Å². The first kappa shape index (κ1) is 13.5. The Morgan fingerprint density at radius 3 is 2.71 bits per heavy atom. The van der Waals surface area contributed by atoms with Crippen LogP contribution in [0.3, 0.4) is 0 Å². The number of hydrogen-bond acceptors (Lipinski definition) is 4. The van der Waals surface area contributed by atoms with Gasteiger partial charge < -0.3 is 5.32 Å². The van der Waals surface area contributed by atoms with E-state index in [1.165, 1.54) is 24.2 Å². The van der Waals surface area contributed by atoms with E-state index in [9.17, 15) is 8.42 Å². The fourth-order valence-electron chi connectivity index (χ4n) is 1.40. The lowest BCUT2D eigenvalue weighted by molar-refractivity contribution is 0.575. The summed E-state index contributed by atoms with van der Waals surface area (Å²) >= 11 is 4.48. The van der Waals surface area contributed by atoms with Crippen molar-refractivity contribution < 1.29 is 8.42 Å². The van der Waals surface area contributed by atoms with Gasteiger partial charge in [0.25, 0.3) is 0 Å². The van der Waals surface area contributed by atoms with Crippen molar-refractivity contribution in [2.75, 3.05) is 13.1 Å². The molecule has 1 aliphatic rings. The second-order valence-electron chi connectivity index (χ2n) is 4.04. The lowest BCUT2D eigenvalue weighted by Crippen LogP contribution is -2.27. The maximum Gasteiger partial charge on any atom is 0.250 e. The van der Waals surface area contributed by atoms with Crippen molar-refractivity contribution in [2.24, 2.45) is 0 Å². The number of halogens is 1. The van der Waals surface area contributed by atoms with E-state index in [-0.39, 0.29) is 0 Å². The Kier molecular flexibility index (Phi) is 4.59. The van der Waals surface area contributed by atoms with Gasteiger partial charge in [-0.15, -0.1) is 11.3 Å². The van der Waals surface area contributed by atoms with Crippen molar-refractivity contribution in [2.45, 2.75) is 29.5 Å². The number of rotatable bonds is 7. The van der Waals surface area contributed by atoms with Crippen LogP contribution < -0.4 is 10.0 Å². The van der Waals surface area contributed by atoms with Crippen LogP contribution in [0, 0.1) is 0 Å². The topological polar surface area (TPSA) is 58.2 Å². The van der Waals surface area contributed by atoms with Crippen LogP contribution in [0.15, 0.2) is 20.1 Å². The molecule has 1 aliphatic carbocycles. The molecule has 1 heterocycles. The van der Waals surface area contributed by atoms with Gasteiger partial charge in [-0.1, -0.05) is 0 Å². The van der Waals surface area contributed by atoms with Crippen molar-refractivity contribution >= 4 is 37.3 Å². The first-order valence-corrected chi connectivity index (χ1v) is 8.65. The average molecular weight is 339 g/mol. The minimum atomic E-state index is -3.31. The van der Waals surface area contributed by atoms with Crippen LogP contribution in [0.25, 0.3) is 0 Å². The summed E-state index contributed by atoms with van der Waals surface area (Å²) in [7, 11) is -3.31. The van der Waals surface area contributed by atoms with Gasteiger partial charge in [0.2, 0.25) is 10.0 Å². The lowest BCUT2D eigenvalue weighted by atomic mass is 10.4. The molecule has 0 aliphatic heterocycles. The maximum atomic E-state index is 11.8. The van der Waals surface area contributed by atoms with E-state index in [1.54, 1.807) is 12.1 Å². The number of sulfonamides is 1. The maximum absolute atomic E-state index is 11.8. The van der Waals surface area contributed by atoms with Crippen LogP contribution in [-0.2, 0) is 10.0 Å². The predicted octanol–water partition coefficient (Wildman–Crippen LogP) is 1.93.